The predicted octanol–water partition coefficient (Wildman–Crippen LogP) is 8.61. The zero-order valence-electron chi connectivity index (χ0n) is 28.3. The first-order valence-electron chi connectivity index (χ1n) is 15.8. The van der Waals surface area contributed by atoms with Crippen molar-refractivity contribution in [2.24, 2.45) is 0 Å². The quantitative estimate of drug-likeness (QED) is 0.0611. The number of ether oxygens (including phenoxy) is 4. The molecule has 0 aliphatic heterocycles. The van der Waals surface area contributed by atoms with E-state index in [-0.39, 0.29) is 24.8 Å². The SMILES string of the molecule is COC(=O)/C(=C/[C@](CO[C@H](C)c1cc(C(F)(F)F)cc(C(F)(F)F)c1)(NC(=O)OCc1ccccc1)c1ccccc1)NC(=O)OCc1ccccc1. The maximum atomic E-state index is 13.7. The third-order valence-electron chi connectivity index (χ3n) is 7.71. The Labute approximate surface area is 300 Å². The van der Waals surface area contributed by atoms with Gasteiger partial charge in [-0.1, -0.05) is 91.0 Å². The van der Waals surface area contributed by atoms with Crippen molar-refractivity contribution in [3.05, 3.63) is 154 Å². The van der Waals surface area contributed by atoms with E-state index in [4.69, 9.17) is 18.9 Å². The van der Waals surface area contributed by atoms with Gasteiger partial charge in [0.25, 0.3) is 0 Å². The molecule has 0 saturated heterocycles. The number of rotatable bonds is 13. The van der Waals surface area contributed by atoms with Crippen molar-refractivity contribution in [2.45, 2.75) is 44.1 Å². The number of carbonyl (C=O) groups excluding carboxylic acids is 3. The Kier molecular flexibility index (Phi) is 13.3. The Balaban J connectivity index is 1.76. The fraction of sp³-hybridized carbons (Fsp3) is 0.237. The van der Waals surface area contributed by atoms with Crippen molar-refractivity contribution in [1.82, 2.24) is 10.6 Å². The van der Waals surface area contributed by atoms with Crippen LogP contribution in [0.4, 0.5) is 35.9 Å². The summed E-state index contributed by atoms with van der Waals surface area (Å²) in [5, 5.41) is 4.90. The van der Waals surface area contributed by atoms with Crippen LogP contribution < -0.4 is 10.6 Å². The van der Waals surface area contributed by atoms with Crippen LogP contribution in [0.25, 0.3) is 0 Å². The van der Waals surface area contributed by atoms with Crippen LogP contribution in [0.15, 0.2) is 121 Å². The summed E-state index contributed by atoms with van der Waals surface area (Å²) in [6, 6.07) is 25.9. The van der Waals surface area contributed by atoms with Gasteiger partial charge in [-0.15, -0.1) is 0 Å². The number of hydrogen-bond donors (Lipinski definition) is 2. The molecule has 4 rings (SSSR count). The number of carbonyl (C=O) groups is 3. The van der Waals surface area contributed by atoms with E-state index in [0.29, 0.717) is 23.3 Å². The van der Waals surface area contributed by atoms with Crippen LogP contribution in [-0.2, 0) is 54.8 Å². The zero-order valence-corrected chi connectivity index (χ0v) is 28.3. The first-order chi connectivity index (χ1) is 25.1. The summed E-state index contributed by atoms with van der Waals surface area (Å²) in [6.07, 6.45) is -12.8. The number of alkyl carbamates (subject to hydrolysis) is 2. The molecule has 4 aromatic rings. The summed E-state index contributed by atoms with van der Waals surface area (Å²) in [7, 11) is 1.02. The van der Waals surface area contributed by atoms with Gasteiger partial charge in [0.2, 0.25) is 0 Å². The highest BCUT2D eigenvalue weighted by Gasteiger charge is 2.39. The van der Waals surface area contributed by atoms with Crippen molar-refractivity contribution in [3.63, 3.8) is 0 Å². The van der Waals surface area contributed by atoms with Gasteiger partial charge < -0.3 is 24.3 Å². The van der Waals surface area contributed by atoms with E-state index in [9.17, 15) is 40.7 Å². The predicted molar refractivity (Wildman–Crippen MR) is 179 cm³/mol. The second-order valence-electron chi connectivity index (χ2n) is 11.6. The van der Waals surface area contributed by atoms with Crippen LogP contribution in [0.3, 0.4) is 0 Å². The highest BCUT2D eigenvalue weighted by molar-refractivity contribution is 5.92. The monoisotopic (exact) mass is 744 g/mol. The summed E-state index contributed by atoms with van der Waals surface area (Å²) in [6.45, 7) is 0.0874. The van der Waals surface area contributed by atoms with Gasteiger partial charge in [-0.2, -0.15) is 26.3 Å². The molecule has 2 N–H and O–H groups in total. The molecule has 0 heterocycles. The topological polar surface area (TPSA) is 112 Å². The number of hydrogen-bond acceptors (Lipinski definition) is 7. The smallest absolute Gasteiger partial charge is 0.416 e. The molecule has 0 bridgehead atoms. The van der Waals surface area contributed by atoms with E-state index in [2.05, 4.69) is 10.6 Å². The molecule has 4 aromatic carbocycles. The number of methoxy groups -OCH3 is 1. The van der Waals surface area contributed by atoms with Crippen LogP contribution >= 0.6 is 0 Å². The number of benzene rings is 4. The maximum Gasteiger partial charge on any atom is 0.416 e. The summed E-state index contributed by atoms with van der Waals surface area (Å²) in [4.78, 5) is 39.4. The van der Waals surface area contributed by atoms with E-state index >= 15 is 0 Å². The van der Waals surface area contributed by atoms with E-state index in [1.165, 1.54) is 19.1 Å². The molecule has 0 saturated carbocycles. The standard InChI is InChI=1S/C38H34F6N2O7/c1-25(28-18-30(37(39,40)41)20-31(19-28)38(42,43)44)53-24-36(29-16-10-5-11-17-29,46-35(49)52-23-27-14-8-4-9-15-27)21-32(33(47)50-2)45-34(48)51-22-26-12-6-3-7-13-26/h3-21,25H,22-24H2,1-2H3,(H,45,48)(H,46,49)/b32-21-/t25-,36-/m1/s1. The van der Waals surface area contributed by atoms with Gasteiger partial charge in [0, 0.05) is 0 Å². The van der Waals surface area contributed by atoms with E-state index in [1.807, 2.05) is 0 Å². The number of esters is 1. The van der Waals surface area contributed by atoms with Crippen molar-refractivity contribution >= 4 is 18.2 Å². The summed E-state index contributed by atoms with van der Waals surface area (Å²) in [5.74, 6) is -1.11. The molecule has 2 atom stereocenters. The van der Waals surface area contributed by atoms with E-state index in [1.54, 1.807) is 78.9 Å². The third-order valence-corrected chi connectivity index (χ3v) is 7.71. The molecule has 0 aliphatic rings. The van der Waals surface area contributed by atoms with Gasteiger partial charge in [0.1, 0.15) is 24.4 Å². The fourth-order valence-corrected chi connectivity index (χ4v) is 4.97. The van der Waals surface area contributed by atoms with Crippen molar-refractivity contribution in [3.8, 4) is 0 Å². The summed E-state index contributed by atoms with van der Waals surface area (Å²) < 4.78 is 104. The van der Waals surface area contributed by atoms with E-state index in [0.717, 1.165) is 13.2 Å². The molecule has 0 aliphatic carbocycles. The summed E-state index contributed by atoms with van der Waals surface area (Å²) in [5.41, 5.74) is -4.72. The molecule has 280 valence electrons. The van der Waals surface area contributed by atoms with Crippen LogP contribution in [0, 0.1) is 0 Å². The Morgan fingerprint density at radius 2 is 1.15 bits per heavy atom. The Hall–Kier alpha value is -5.83. The summed E-state index contributed by atoms with van der Waals surface area (Å²) >= 11 is 0. The first kappa shape index (κ1) is 39.9. The average Bonchev–Trinajstić information content (AvgIpc) is 3.14. The second kappa shape index (κ2) is 17.6. The minimum absolute atomic E-state index is 0.0112. The van der Waals surface area contributed by atoms with Crippen LogP contribution in [0.5, 0.6) is 0 Å². The highest BCUT2D eigenvalue weighted by Crippen LogP contribution is 2.38. The van der Waals surface area contributed by atoms with Crippen molar-refractivity contribution in [2.75, 3.05) is 13.7 Å². The molecule has 53 heavy (non-hydrogen) atoms. The largest absolute Gasteiger partial charge is 0.464 e. The molecule has 0 aromatic heterocycles. The lowest BCUT2D eigenvalue weighted by Crippen LogP contribution is -2.49. The Morgan fingerprint density at radius 1 is 0.679 bits per heavy atom. The lowest BCUT2D eigenvalue weighted by Gasteiger charge is -2.34. The zero-order chi connectivity index (χ0) is 38.6. The number of nitrogens with one attached hydrogen (secondary N) is 2. The number of amides is 2. The highest BCUT2D eigenvalue weighted by atomic mass is 19.4. The molecular weight excluding hydrogens is 710 g/mol. The van der Waals surface area contributed by atoms with Crippen LogP contribution in [0.1, 0.15) is 46.4 Å². The molecule has 0 fully saturated rings. The van der Waals surface area contributed by atoms with E-state index < -0.39 is 71.1 Å². The molecule has 2 amide bonds. The minimum atomic E-state index is -5.12. The van der Waals surface area contributed by atoms with Gasteiger partial charge in [0.05, 0.1) is 30.9 Å². The molecule has 0 unspecified atom stereocenters. The van der Waals surface area contributed by atoms with Crippen LogP contribution in [-0.4, -0.2) is 31.9 Å². The average molecular weight is 745 g/mol. The lowest BCUT2D eigenvalue weighted by molar-refractivity contribution is -0.143. The molecule has 15 heteroatoms. The van der Waals surface area contributed by atoms with Gasteiger partial charge in [-0.25, -0.2) is 14.4 Å². The Morgan fingerprint density at radius 3 is 1.62 bits per heavy atom. The Bertz CT molecular complexity index is 1840. The normalized spacial score (nSPS) is 13.6. The number of halogens is 6. The van der Waals surface area contributed by atoms with Crippen molar-refractivity contribution < 1.29 is 59.7 Å². The molecule has 0 radical (unpaired) electrons. The van der Waals surface area contributed by atoms with Gasteiger partial charge >= 0.3 is 30.5 Å². The lowest BCUT2D eigenvalue weighted by atomic mass is 9.89. The molecule has 0 spiro atoms. The van der Waals surface area contributed by atoms with Gasteiger partial charge in [-0.3, -0.25) is 5.32 Å². The van der Waals surface area contributed by atoms with Crippen molar-refractivity contribution in [1.29, 1.82) is 0 Å². The molecule has 9 nitrogen and oxygen atoms in total. The maximum absolute atomic E-state index is 13.7. The van der Waals surface area contributed by atoms with Gasteiger partial charge in [-0.05, 0) is 53.5 Å². The van der Waals surface area contributed by atoms with Crippen LogP contribution in [0.2, 0.25) is 0 Å². The third kappa shape index (κ3) is 11.6. The first-order valence-corrected chi connectivity index (χ1v) is 15.8. The minimum Gasteiger partial charge on any atom is -0.464 e. The van der Waals surface area contributed by atoms with Gasteiger partial charge in [0.15, 0.2) is 0 Å². The molecular formula is C38H34F6N2O7. The second-order valence-corrected chi connectivity index (χ2v) is 11.6. The fourth-order valence-electron chi connectivity index (χ4n) is 4.97. The number of alkyl halides is 6.